The van der Waals surface area contributed by atoms with Gasteiger partial charge >= 0.3 is 0 Å². The molecule has 0 aliphatic rings. The van der Waals surface area contributed by atoms with Crippen molar-refractivity contribution in [2.24, 2.45) is 5.73 Å². The van der Waals surface area contributed by atoms with Crippen molar-refractivity contribution in [3.8, 4) is 5.75 Å². The van der Waals surface area contributed by atoms with Gasteiger partial charge in [-0.05, 0) is 43.2 Å². The Labute approximate surface area is 135 Å². The topological polar surface area (TPSA) is 35.2 Å². The fourth-order valence-corrected chi connectivity index (χ4v) is 3.40. The lowest BCUT2D eigenvalue weighted by molar-refractivity contribution is 0.403. The van der Waals surface area contributed by atoms with Gasteiger partial charge in [-0.2, -0.15) is 0 Å². The molecule has 2 N–H and O–H groups in total. The van der Waals surface area contributed by atoms with Gasteiger partial charge in [-0.25, -0.2) is 0 Å². The number of methoxy groups -OCH3 is 1. The smallest absolute Gasteiger partial charge is 0.126 e. The number of hydrogen-bond acceptors (Lipinski definition) is 3. The zero-order valence-corrected chi connectivity index (χ0v) is 14.1. The molecule has 1 unspecified atom stereocenters. The van der Waals surface area contributed by atoms with Crippen molar-refractivity contribution in [3.63, 3.8) is 0 Å². The molecule has 0 fully saturated rings. The zero-order valence-electron chi connectivity index (χ0n) is 12.5. The molecule has 0 saturated carbocycles. The van der Waals surface area contributed by atoms with Crippen LogP contribution in [0.25, 0.3) is 0 Å². The summed E-state index contributed by atoms with van der Waals surface area (Å²) in [6, 6.07) is 11.9. The van der Waals surface area contributed by atoms with Crippen molar-refractivity contribution in [1.29, 1.82) is 0 Å². The highest BCUT2D eigenvalue weighted by atomic mass is 35.5. The molecule has 0 spiro atoms. The van der Waals surface area contributed by atoms with Crippen LogP contribution in [0.5, 0.6) is 5.75 Å². The van der Waals surface area contributed by atoms with E-state index in [1.54, 1.807) is 18.9 Å². The van der Waals surface area contributed by atoms with Gasteiger partial charge in [0.15, 0.2) is 0 Å². The molecule has 1 atom stereocenters. The first-order chi connectivity index (χ1) is 10.0. The maximum Gasteiger partial charge on any atom is 0.126 e. The summed E-state index contributed by atoms with van der Waals surface area (Å²) in [7, 11) is 1.70. The van der Waals surface area contributed by atoms with Crippen molar-refractivity contribution in [2.75, 3.05) is 12.9 Å². The maximum atomic E-state index is 6.34. The average Bonchev–Trinajstić information content (AvgIpc) is 2.47. The second-order valence-corrected chi connectivity index (χ2v) is 6.53. The van der Waals surface area contributed by atoms with Gasteiger partial charge in [-0.1, -0.05) is 29.8 Å². The monoisotopic (exact) mass is 321 g/mol. The summed E-state index contributed by atoms with van der Waals surface area (Å²) < 4.78 is 5.54. The van der Waals surface area contributed by atoms with Crippen molar-refractivity contribution in [3.05, 3.63) is 58.1 Å². The van der Waals surface area contributed by atoms with Crippen LogP contribution in [0.2, 0.25) is 5.02 Å². The van der Waals surface area contributed by atoms with E-state index in [-0.39, 0.29) is 6.04 Å². The molecule has 112 valence electrons. The van der Waals surface area contributed by atoms with Crippen molar-refractivity contribution >= 4 is 23.4 Å². The van der Waals surface area contributed by atoms with Crippen LogP contribution >= 0.6 is 23.4 Å². The van der Waals surface area contributed by atoms with Crippen molar-refractivity contribution in [2.45, 2.75) is 24.8 Å². The lowest BCUT2D eigenvalue weighted by Gasteiger charge is -2.18. The van der Waals surface area contributed by atoms with E-state index < -0.39 is 0 Å². The number of rotatable bonds is 5. The summed E-state index contributed by atoms with van der Waals surface area (Å²) in [5.41, 5.74) is 9.76. The number of ether oxygens (including phenoxy) is 1. The standard InChI is InChI=1S/C17H20ClNOS/c1-11-7-8-15(17(20-3)12(11)2)16(19)10-21-14-6-4-5-13(18)9-14/h4-9,16H,10,19H2,1-3H3. The van der Waals surface area contributed by atoms with Crippen LogP contribution in [0.15, 0.2) is 41.3 Å². The van der Waals surface area contributed by atoms with E-state index >= 15 is 0 Å². The Morgan fingerprint density at radius 3 is 2.67 bits per heavy atom. The first-order valence-corrected chi connectivity index (χ1v) is 8.17. The van der Waals surface area contributed by atoms with E-state index in [9.17, 15) is 0 Å². The molecule has 2 aromatic carbocycles. The minimum absolute atomic E-state index is 0.0803. The highest BCUT2D eigenvalue weighted by Gasteiger charge is 2.15. The van der Waals surface area contributed by atoms with Crippen LogP contribution in [0, 0.1) is 13.8 Å². The van der Waals surface area contributed by atoms with Crippen LogP contribution in [0.1, 0.15) is 22.7 Å². The Kier molecular flexibility index (Phi) is 5.57. The summed E-state index contributed by atoms with van der Waals surface area (Å²) >= 11 is 7.70. The molecule has 0 bridgehead atoms. The number of hydrogen-bond donors (Lipinski definition) is 1. The third-order valence-corrected chi connectivity index (χ3v) is 4.88. The number of thioether (sulfide) groups is 1. The molecule has 2 rings (SSSR count). The molecule has 0 heterocycles. The third kappa shape index (κ3) is 3.94. The molecule has 0 aliphatic heterocycles. The van der Waals surface area contributed by atoms with E-state index in [0.29, 0.717) is 0 Å². The second-order valence-electron chi connectivity index (χ2n) is 5.00. The SMILES string of the molecule is COc1c(C(N)CSc2cccc(Cl)c2)ccc(C)c1C. The fourth-order valence-electron chi connectivity index (χ4n) is 2.21. The predicted octanol–water partition coefficient (Wildman–Crippen LogP) is 4.76. The molecule has 0 amide bonds. The number of benzene rings is 2. The maximum absolute atomic E-state index is 6.34. The molecule has 4 heteroatoms. The van der Waals surface area contributed by atoms with E-state index in [1.165, 1.54) is 5.56 Å². The van der Waals surface area contributed by atoms with Gasteiger partial charge in [0.05, 0.1) is 7.11 Å². The fraction of sp³-hybridized carbons (Fsp3) is 0.294. The van der Waals surface area contributed by atoms with E-state index in [0.717, 1.165) is 32.5 Å². The molecular formula is C17H20ClNOS. The van der Waals surface area contributed by atoms with E-state index in [4.69, 9.17) is 22.1 Å². The van der Waals surface area contributed by atoms with Gasteiger partial charge < -0.3 is 10.5 Å². The van der Waals surface area contributed by atoms with Crippen LogP contribution in [-0.4, -0.2) is 12.9 Å². The van der Waals surface area contributed by atoms with Crippen LogP contribution in [0.3, 0.4) is 0 Å². The molecule has 0 aromatic heterocycles. The summed E-state index contributed by atoms with van der Waals surface area (Å²) in [5.74, 6) is 1.67. The molecule has 21 heavy (non-hydrogen) atoms. The van der Waals surface area contributed by atoms with E-state index in [1.807, 2.05) is 24.3 Å². The Morgan fingerprint density at radius 1 is 1.24 bits per heavy atom. The van der Waals surface area contributed by atoms with Crippen molar-refractivity contribution in [1.82, 2.24) is 0 Å². The summed E-state index contributed by atoms with van der Waals surface area (Å²) in [5, 5.41) is 0.748. The molecule has 0 saturated heterocycles. The first kappa shape index (κ1) is 16.2. The number of nitrogens with two attached hydrogens (primary N) is 1. The number of halogens is 1. The highest BCUT2D eigenvalue weighted by molar-refractivity contribution is 7.99. The van der Waals surface area contributed by atoms with Gasteiger partial charge in [0.2, 0.25) is 0 Å². The summed E-state index contributed by atoms with van der Waals surface area (Å²) in [4.78, 5) is 1.13. The van der Waals surface area contributed by atoms with Gasteiger partial charge in [-0.3, -0.25) is 0 Å². The Hall–Kier alpha value is -1.16. The lowest BCUT2D eigenvalue weighted by atomic mass is 10.0. The Balaban J connectivity index is 2.13. The zero-order chi connectivity index (χ0) is 15.4. The van der Waals surface area contributed by atoms with E-state index in [2.05, 4.69) is 26.0 Å². The minimum Gasteiger partial charge on any atom is -0.496 e. The largest absolute Gasteiger partial charge is 0.496 e. The Bertz CT molecular complexity index is 630. The third-order valence-electron chi connectivity index (χ3n) is 3.54. The Morgan fingerprint density at radius 2 is 2.00 bits per heavy atom. The number of aryl methyl sites for hydroxylation is 1. The molecular weight excluding hydrogens is 302 g/mol. The molecule has 2 aromatic rings. The van der Waals surface area contributed by atoms with Gasteiger partial charge in [0, 0.05) is 27.3 Å². The predicted molar refractivity (Wildman–Crippen MR) is 91.6 cm³/mol. The molecule has 0 aliphatic carbocycles. The van der Waals surface area contributed by atoms with Gasteiger partial charge in [0.1, 0.15) is 5.75 Å². The van der Waals surface area contributed by atoms with Crippen LogP contribution in [-0.2, 0) is 0 Å². The molecule has 0 radical (unpaired) electrons. The lowest BCUT2D eigenvalue weighted by Crippen LogP contribution is -2.15. The second kappa shape index (κ2) is 7.21. The normalized spacial score (nSPS) is 12.2. The summed E-state index contributed by atoms with van der Waals surface area (Å²) in [6.45, 7) is 4.14. The van der Waals surface area contributed by atoms with Gasteiger partial charge in [0.25, 0.3) is 0 Å². The van der Waals surface area contributed by atoms with Gasteiger partial charge in [-0.15, -0.1) is 11.8 Å². The molecule has 2 nitrogen and oxygen atoms in total. The minimum atomic E-state index is -0.0803. The van der Waals surface area contributed by atoms with Crippen LogP contribution in [0.4, 0.5) is 0 Å². The highest BCUT2D eigenvalue weighted by Crippen LogP contribution is 2.33. The quantitative estimate of drug-likeness (QED) is 0.806. The summed E-state index contributed by atoms with van der Waals surface area (Å²) in [6.07, 6.45) is 0. The van der Waals surface area contributed by atoms with Crippen LogP contribution < -0.4 is 10.5 Å². The van der Waals surface area contributed by atoms with Crippen molar-refractivity contribution < 1.29 is 4.74 Å². The first-order valence-electron chi connectivity index (χ1n) is 6.81. The average molecular weight is 322 g/mol.